The van der Waals surface area contributed by atoms with Crippen molar-refractivity contribution in [2.45, 2.75) is 51.4 Å². The van der Waals surface area contributed by atoms with Crippen LogP contribution in [0.25, 0.3) is 0 Å². The molecule has 0 spiro atoms. The largest absolute Gasteiger partial charge is 0.464 e. The molecule has 0 atom stereocenters. The molecular formula is C15H21NO3. The zero-order chi connectivity index (χ0) is 13.7. The van der Waals surface area contributed by atoms with Crippen LogP contribution in [-0.4, -0.2) is 15.8 Å². The molecule has 0 saturated heterocycles. The monoisotopic (exact) mass is 263 g/mol. The van der Waals surface area contributed by atoms with E-state index in [4.69, 9.17) is 5.11 Å². The number of rotatable bonds is 4. The predicted molar refractivity (Wildman–Crippen MR) is 73.6 cm³/mol. The van der Waals surface area contributed by atoms with Crippen molar-refractivity contribution in [3.63, 3.8) is 0 Å². The van der Waals surface area contributed by atoms with Crippen LogP contribution >= 0.6 is 0 Å². The van der Waals surface area contributed by atoms with E-state index < -0.39 is 11.7 Å². The van der Waals surface area contributed by atoms with E-state index in [1.165, 1.54) is 38.3 Å². The normalized spacial score (nSPS) is 16.4. The Morgan fingerprint density at radius 2 is 2.05 bits per heavy atom. The Hall–Kier alpha value is -1.58. The van der Waals surface area contributed by atoms with Crippen molar-refractivity contribution in [3.05, 3.63) is 34.2 Å². The summed E-state index contributed by atoms with van der Waals surface area (Å²) in [6, 6.07) is 3.37. The van der Waals surface area contributed by atoms with Crippen molar-refractivity contribution in [2.24, 2.45) is 5.92 Å². The van der Waals surface area contributed by atoms with Gasteiger partial charge in [-0.25, -0.2) is 9.36 Å². The average Bonchev–Trinajstić information content (AvgIpc) is 2.41. The molecule has 2 rings (SSSR count). The topological polar surface area (TPSA) is 59.3 Å². The third-order valence-electron chi connectivity index (χ3n) is 4.02. The van der Waals surface area contributed by atoms with E-state index in [1.54, 1.807) is 12.1 Å². The average molecular weight is 263 g/mol. The van der Waals surface area contributed by atoms with Crippen LogP contribution in [0.15, 0.2) is 23.1 Å². The zero-order valence-electron chi connectivity index (χ0n) is 11.2. The van der Waals surface area contributed by atoms with Gasteiger partial charge in [-0.05, 0) is 24.8 Å². The van der Waals surface area contributed by atoms with E-state index in [-0.39, 0.29) is 0 Å². The number of aryl methyl sites for hydroxylation is 1. The summed E-state index contributed by atoms with van der Waals surface area (Å²) in [5, 5.41) is 8.88. The Morgan fingerprint density at radius 1 is 1.32 bits per heavy atom. The fourth-order valence-electron chi connectivity index (χ4n) is 2.94. The molecule has 1 N–H and O–H groups in total. The molecule has 0 radical (unpaired) electrons. The minimum atomic E-state index is -1.21. The summed E-state index contributed by atoms with van der Waals surface area (Å²) in [6.07, 6.45) is 9.56. The Balaban J connectivity index is 1.90. The van der Waals surface area contributed by atoms with Crippen molar-refractivity contribution >= 4 is 6.09 Å². The molecule has 1 aliphatic carbocycles. The third-order valence-corrected chi connectivity index (χ3v) is 4.02. The molecule has 0 unspecified atom stereocenters. The number of carbonyl (C=O) groups is 1. The second-order valence-electron chi connectivity index (χ2n) is 5.39. The maximum atomic E-state index is 11.9. The Labute approximate surface area is 113 Å². The lowest BCUT2D eigenvalue weighted by Crippen LogP contribution is -2.27. The molecule has 1 aromatic heterocycles. The van der Waals surface area contributed by atoms with E-state index >= 15 is 0 Å². The van der Waals surface area contributed by atoms with Crippen LogP contribution in [0.1, 0.15) is 50.5 Å². The Morgan fingerprint density at radius 3 is 2.74 bits per heavy atom. The van der Waals surface area contributed by atoms with Crippen LogP contribution in [0.5, 0.6) is 0 Å². The van der Waals surface area contributed by atoms with Gasteiger partial charge in [0.15, 0.2) is 0 Å². The number of nitrogens with zero attached hydrogens (tertiary/aromatic N) is 1. The van der Waals surface area contributed by atoms with Gasteiger partial charge in [0.25, 0.3) is 5.56 Å². The standard InChI is InChI=1S/C15H21NO3/c17-14-13(10-5-11-16(14)15(18)19)9-4-8-12-6-2-1-3-7-12/h5,10-12H,1-4,6-9H2,(H,18,19). The molecular weight excluding hydrogens is 242 g/mol. The first kappa shape index (κ1) is 13.8. The van der Waals surface area contributed by atoms with Crippen LogP contribution in [0.3, 0.4) is 0 Å². The highest BCUT2D eigenvalue weighted by molar-refractivity contribution is 5.67. The predicted octanol–water partition coefficient (Wildman–Crippen LogP) is 3.28. The summed E-state index contributed by atoms with van der Waals surface area (Å²) < 4.78 is 0.760. The van der Waals surface area contributed by atoms with Crippen LogP contribution in [-0.2, 0) is 6.42 Å². The molecule has 1 fully saturated rings. The summed E-state index contributed by atoms with van der Waals surface area (Å²) in [4.78, 5) is 22.7. The molecule has 19 heavy (non-hydrogen) atoms. The van der Waals surface area contributed by atoms with E-state index in [0.29, 0.717) is 12.0 Å². The molecule has 4 nitrogen and oxygen atoms in total. The number of carboxylic acid groups (broad SMARTS) is 1. The quantitative estimate of drug-likeness (QED) is 0.906. The molecule has 1 saturated carbocycles. The minimum Gasteiger partial charge on any atom is -0.464 e. The van der Waals surface area contributed by atoms with Crippen molar-refractivity contribution in [3.8, 4) is 0 Å². The smallest absolute Gasteiger partial charge is 0.418 e. The Kier molecular flexibility index (Phi) is 4.77. The van der Waals surface area contributed by atoms with E-state index in [1.807, 2.05) is 0 Å². The number of aromatic nitrogens is 1. The summed E-state index contributed by atoms with van der Waals surface area (Å²) in [6.45, 7) is 0. The minimum absolute atomic E-state index is 0.390. The molecule has 104 valence electrons. The highest BCUT2D eigenvalue weighted by Crippen LogP contribution is 2.27. The van der Waals surface area contributed by atoms with Gasteiger partial charge in [0.1, 0.15) is 0 Å². The zero-order valence-corrected chi connectivity index (χ0v) is 11.2. The van der Waals surface area contributed by atoms with Gasteiger partial charge in [-0.3, -0.25) is 4.79 Å². The lowest BCUT2D eigenvalue weighted by atomic mass is 9.85. The van der Waals surface area contributed by atoms with Gasteiger partial charge in [0, 0.05) is 11.8 Å². The van der Waals surface area contributed by atoms with Crippen molar-refractivity contribution in [2.75, 3.05) is 0 Å². The van der Waals surface area contributed by atoms with Crippen LogP contribution in [0, 0.1) is 5.92 Å². The summed E-state index contributed by atoms with van der Waals surface area (Å²) in [5.41, 5.74) is 0.222. The molecule has 0 amide bonds. The highest BCUT2D eigenvalue weighted by Gasteiger charge is 2.13. The molecule has 4 heteroatoms. The SMILES string of the molecule is O=C(O)n1cccc(CCCC2CCCCC2)c1=O. The number of hydrogen-bond donors (Lipinski definition) is 1. The van der Waals surface area contributed by atoms with E-state index in [0.717, 1.165) is 23.3 Å². The van der Waals surface area contributed by atoms with E-state index in [2.05, 4.69) is 0 Å². The highest BCUT2D eigenvalue weighted by atomic mass is 16.4. The maximum Gasteiger partial charge on any atom is 0.418 e. The second-order valence-corrected chi connectivity index (χ2v) is 5.39. The summed E-state index contributed by atoms with van der Waals surface area (Å²) >= 11 is 0. The van der Waals surface area contributed by atoms with Gasteiger partial charge in [0.2, 0.25) is 0 Å². The van der Waals surface area contributed by atoms with Crippen LogP contribution in [0.2, 0.25) is 0 Å². The maximum absolute atomic E-state index is 11.9. The van der Waals surface area contributed by atoms with E-state index in [9.17, 15) is 9.59 Å². The van der Waals surface area contributed by atoms with Crippen molar-refractivity contribution in [1.29, 1.82) is 0 Å². The van der Waals surface area contributed by atoms with Crippen molar-refractivity contribution < 1.29 is 9.90 Å². The fourth-order valence-corrected chi connectivity index (χ4v) is 2.94. The lowest BCUT2D eigenvalue weighted by molar-refractivity contribution is 0.195. The fraction of sp³-hybridized carbons (Fsp3) is 0.600. The summed E-state index contributed by atoms with van der Waals surface area (Å²) in [7, 11) is 0. The third kappa shape index (κ3) is 3.69. The first-order chi connectivity index (χ1) is 9.18. The first-order valence-corrected chi connectivity index (χ1v) is 7.12. The van der Waals surface area contributed by atoms with Gasteiger partial charge in [-0.1, -0.05) is 44.6 Å². The molecule has 0 bridgehead atoms. The molecule has 1 aliphatic rings. The number of hydrogen-bond acceptors (Lipinski definition) is 2. The summed E-state index contributed by atoms with van der Waals surface area (Å²) in [5.74, 6) is 0.805. The molecule has 1 aromatic rings. The lowest BCUT2D eigenvalue weighted by Gasteiger charge is -2.21. The molecule has 0 aromatic carbocycles. The molecule has 0 aliphatic heterocycles. The molecule has 1 heterocycles. The first-order valence-electron chi connectivity index (χ1n) is 7.12. The van der Waals surface area contributed by atoms with Gasteiger partial charge >= 0.3 is 6.09 Å². The number of pyridine rings is 1. The van der Waals surface area contributed by atoms with Crippen molar-refractivity contribution in [1.82, 2.24) is 4.57 Å². The van der Waals surface area contributed by atoms with Crippen LogP contribution < -0.4 is 5.56 Å². The van der Waals surface area contributed by atoms with Gasteiger partial charge < -0.3 is 5.11 Å². The van der Waals surface area contributed by atoms with Gasteiger partial charge in [-0.15, -0.1) is 0 Å². The Bertz CT molecular complexity index is 486. The van der Waals surface area contributed by atoms with Gasteiger partial charge in [-0.2, -0.15) is 0 Å². The van der Waals surface area contributed by atoms with Crippen LogP contribution in [0.4, 0.5) is 4.79 Å². The second kappa shape index (κ2) is 6.55. The van der Waals surface area contributed by atoms with Gasteiger partial charge in [0.05, 0.1) is 0 Å².